The molecule has 0 aromatic heterocycles. The topological polar surface area (TPSA) is 165 Å². The number of hydrogen-bond donors (Lipinski definition) is 3. The summed E-state index contributed by atoms with van der Waals surface area (Å²) in [5.74, 6) is -1.90. The van der Waals surface area contributed by atoms with Gasteiger partial charge in [-0.15, -0.1) is 0 Å². The van der Waals surface area contributed by atoms with E-state index in [-0.39, 0.29) is 43.5 Å². The molecule has 11 nitrogen and oxygen atoms in total. The smallest absolute Gasteiger partial charge is 0.308 e. The van der Waals surface area contributed by atoms with E-state index in [1.807, 2.05) is 37.3 Å². The first-order valence-electron chi connectivity index (χ1n) is 15.0. The maximum atomic E-state index is 13.4. The normalized spacial score (nSPS) is 14.3. The highest BCUT2D eigenvalue weighted by Gasteiger charge is 2.29. The Bertz CT molecular complexity index is 1320. The average Bonchev–Trinajstić information content (AvgIpc) is 3.00. The average molecular weight is 643 g/mol. The standard InChI is InChI=1S/C33H46N4O7S/c1-6-26(16-17-45(5)43)36-33(42)29(20-24-10-8-7-9-11-24)37(4)31(40)21-35-32(41)22(2)18-30(39)28(34)19-25-12-14-27(15-13-25)44-23(3)38/h7-15,22,26,28-29H,6,16-21,34H2,1-5H3,(H,35,41)(H,36,42)/t22-,26?,28?,29?,45?/m0/s1. The fourth-order valence-electron chi connectivity index (χ4n) is 4.64. The van der Waals surface area contributed by atoms with Gasteiger partial charge < -0.3 is 26.0 Å². The highest BCUT2D eigenvalue weighted by molar-refractivity contribution is 7.84. The molecule has 3 amide bonds. The van der Waals surface area contributed by atoms with Gasteiger partial charge in [-0.05, 0) is 42.5 Å². The van der Waals surface area contributed by atoms with Crippen LogP contribution in [0.4, 0.5) is 0 Å². The number of carbonyl (C=O) groups is 5. The van der Waals surface area contributed by atoms with Crippen LogP contribution in [0.25, 0.3) is 0 Å². The molecule has 4 N–H and O–H groups in total. The van der Waals surface area contributed by atoms with Gasteiger partial charge in [-0.2, -0.15) is 0 Å². The zero-order valence-electron chi connectivity index (χ0n) is 26.7. The molecule has 0 saturated heterocycles. The number of esters is 1. The summed E-state index contributed by atoms with van der Waals surface area (Å²) in [5.41, 5.74) is 7.74. The van der Waals surface area contributed by atoms with Crippen LogP contribution in [0.1, 0.15) is 51.2 Å². The maximum absolute atomic E-state index is 13.4. The monoisotopic (exact) mass is 642 g/mol. The van der Waals surface area contributed by atoms with Gasteiger partial charge in [0.2, 0.25) is 17.7 Å². The van der Waals surface area contributed by atoms with Crippen molar-refractivity contribution in [3.8, 4) is 5.75 Å². The van der Waals surface area contributed by atoms with Crippen molar-refractivity contribution < 1.29 is 32.9 Å². The molecular formula is C33H46N4O7S. The fraction of sp³-hybridized carbons (Fsp3) is 0.485. The second-order valence-electron chi connectivity index (χ2n) is 11.2. The largest absolute Gasteiger partial charge is 0.427 e. The number of likely N-dealkylation sites (N-methyl/N-ethyl adjacent to an activating group) is 1. The first-order chi connectivity index (χ1) is 21.3. The Morgan fingerprint density at radius 2 is 1.58 bits per heavy atom. The molecule has 2 aromatic rings. The number of nitrogens with one attached hydrogen (secondary N) is 2. The van der Waals surface area contributed by atoms with Crippen LogP contribution in [0.15, 0.2) is 54.6 Å². The number of ketones is 1. The summed E-state index contributed by atoms with van der Waals surface area (Å²) in [6.45, 7) is 4.48. The summed E-state index contributed by atoms with van der Waals surface area (Å²) < 4.78 is 16.6. The van der Waals surface area contributed by atoms with Crippen LogP contribution < -0.4 is 21.1 Å². The number of rotatable bonds is 18. The van der Waals surface area contributed by atoms with Crippen LogP contribution in [-0.4, -0.2) is 82.3 Å². The zero-order valence-corrected chi connectivity index (χ0v) is 27.6. The van der Waals surface area contributed by atoms with E-state index in [2.05, 4.69) is 10.6 Å². The number of Topliss-reactive ketones (excluding diaryl/α,β-unsaturated/α-hetero) is 1. The van der Waals surface area contributed by atoms with Gasteiger partial charge in [0, 0.05) is 61.6 Å². The summed E-state index contributed by atoms with van der Waals surface area (Å²) in [6.07, 6.45) is 3.23. The van der Waals surface area contributed by atoms with Gasteiger partial charge >= 0.3 is 5.97 Å². The molecule has 0 saturated carbocycles. The third-order valence-electron chi connectivity index (χ3n) is 7.45. The Hall–Kier alpha value is -3.90. The van der Waals surface area contributed by atoms with Crippen molar-refractivity contribution in [2.75, 3.05) is 25.6 Å². The van der Waals surface area contributed by atoms with Crippen molar-refractivity contribution in [3.05, 3.63) is 65.7 Å². The van der Waals surface area contributed by atoms with Gasteiger partial charge in [0.05, 0.1) is 12.6 Å². The van der Waals surface area contributed by atoms with E-state index < -0.39 is 46.6 Å². The zero-order chi connectivity index (χ0) is 33.5. The molecule has 0 aliphatic rings. The molecule has 0 aliphatic carbocycles. The molecule has 12 heteroatoms. The van der Waals surface area contributed by atoms with Crippen molar-refractivity contribution >= 4 is 40.3 Å². The molecule has 0 aliphatic heterocycles. The lowest BCUT2D eigenvalue weighted by Gasteiger charge is -2.29. The minimum Gasteiger partial charge on any atom is -0.427 e. The molecule has 0 radical (unpaired) electrons. The number of nitrogens with two attached hydrogens (primary N) is 1. The lowest BCUT2D eigenvalue weighted by atomic mass is 9.95. The van der Waals surface area contributed by atoms with E-state index in [0.29, 0.717) is 24.3 Å². The summed E-state index contributed by atoms with van der Waals surface area (Å²) in [6, 6.07) is 14.1. The number of benzene rings is 2. The SMILES string of the molecule is CCC(CCS(C)=O)NC(=O)C(Cc1ccccc1)N(C)C(=O)CNC(=O)[C@@H](C)CC(=O)C(N)Cc1ccc(OC(C)=O)cc1. The summed E-state index contributed by atoms with van der Waals surface area (Å²) in [7, 11) is 0.534. The molecule has 5 atom stereocenters. The first kappa shape index (κ1) is 37.3. The second kappa shape index (κ2) is 18.8. The van der Waals surface area contributed by atoms with E-state index in [0.717, 1.165) is 11.1 Å². The number of amides is 3. The van der Waals surface area contributed by atoms with Crippen molar-refractivity contribution in [2.45, 2.75) is 71.0 Å². The van der Waals surface area contributed by atoms with Gasteiger partial charge in [0.1, 0.15) is 11.8 Å². The van der Waals surface area contributed by atoms with E-state index in [1.54, 1.807) is 37.4 Å². The van der Waals surface area contributed by atoms with Crippen molar-refractivity contribution in [1.82, 2.24) is 15.5 Å². The highest BCUT2D eigenvalue weighted by atomic mass is 32.2. The van der Waals surface area contributed by atoms with Gasteiger partial charge in [0.15, 0.2) is 5.78 Å². The van der Waals surface area contributed by atoms with E-state index >= 15 is 0 Å². The molecule has 0 heterocycles. The third kappa shape index (κ3) is 13.3. The first-order valence-corrected chi connectivity index (χ1v) is 16.8. The highest BCUT2D eigenvalue weighted by Crippen LogP contribution is 2.15. The molecule has 4 unspecified atom stereocenters. The van der Waals surface area contributed by atoms with Crippen LogP contribution in [0.5, 0.6) is 5.75 Å². The van der Waals surface area contributed by atoms with Crippen LogP contribution >= 0.6 is 0 Å². The van der Waals surface area contributed by atoms with E-state index in [9.17, 15) is 28.2 Å². The Morgan fingerprint density at radius 1 is 0.956 bits per heavy atom. The lowest BCUT2D eigenvalue weighted by Crippen LogP contribution is -2.53. The fourth-order valence-corrected chi connectivity index (χ4v) is 5.25. The van der Waals surface area contributed by atoms with Crippen LogP contribution in [0, 0.1) is 5.92 Å². The minimum atomic E-state index is -0.989. The molecular weight excluding hydrogens is 596 g/mol. The van der Waals surface area contributed by atoms with Crippen LogP contribution in [-0.2, 0) is 47.6 Å². The number of ether oxygens (including phenoxy) is 1. The molecule has 2 rings (SSSR count). The summed E-state index contributed by atoms with van der Waals surface area (Å²) in [4.78, 5) is 64.5. The minimum absolute atomic E-state index is 0.109. The molecule has 0 fully saturated rings. The second-order valence-corrected chi connectivity index (χ2v) is 12.8. The van der Waals surface area contributed by atoms with Crippen molar-refractivity contribution in [1.29, 1.82) is 0 Å². The predicted molar refractivity (Wildman–Crippen MR) is 174 cm³/mol. The van der Waals surface area contributed by atoms with E-state index in [1.165, 1.54) is 18.9 Å². The Labute approximate surface area is 268 Å². The van der Waals surface area contributed by atoms with Crippen LogP contribution in [0.3, 0.4) is 0 Å². The Balaban J connectivity index is 1.96. The summed E-state index contributed by atoms with van der Waals surface area (Å²) >= 11 is 0. The van der Waals surface area contributed by atoms with Gasteiger partial charge in [0.25, 0.3) is 0 Å². The quantitative estimate of drug-likeness (QED) is 0.164. The van der Waals surface area contributed by atoms with Crippen molar-refractivity contribution in [2.24, 2.45) is 11.7 Å². The lowest BCUT2D eigenvalue weighted by molar-refractivity contribution is -0.139. The van der Waals surface area contributed by atoms with Gasteiger partial charge in [-0.3, -0.25) is 28.2 Å². The van der Waals surface area contributed by atoms with Gasteiger partial charge in [-0.1, -0.05) is 56.3 Å². The summed E-state index contributed by atoms with van der Waals surface area (Å²) in [5, 5.41) is 5.59. The Morgan fingerprint density at radius 3 is 2.16 bits per heavy atom. The number of nitrogens with zero attached hydrogens (tertiary/aromatic N) is 1. The Kier molecular flexibility index (Phi) is 15.6. The number of carbonyl (C=O) groups excluding carboxylic acids is 5. The third-order valence-corrected chi connectivity index (χ3v) is 8.26. The maximum Gasteiger partial charge on any atom is 0.308 e. The molecule has 0 bridgehead atoms. The molecule has 246 valence electrons. The van der Waals surface area contributed by atoms with Crippen LogP contribution in [0.2, 0.25) is 0 Å². The van der Waals surface area contributed by atoms with Gasteiger partial charge in [-0.25, -0.2) is 0 Å². The predicted octanol–water partition coefficient (Wildman–Crippen LogP) is 1.93. The van der Waals surface area contributed by atoms with Crippen molar-refractivity contribution in [3.63, 3.8) is 0 Å². The molecule has 2 aromatic carbocycles. The number of hydrogen-bond acceptors (Lipinski definition) is 8. The van der Waals surface area contributed by atoms with E-state index in [4.69, 9.17) is 10.5 Å². The molecule has 45 heavy (non-hydrogen) atoms. The molecule has 0 spiro atoms.